The average molecular weight is 311 g/mol. The van der Waals surface area contributed by atoms with E-state index >= 15 is 0 Å². The highest BCUT2D eigenvalue weighted by Gasteiger charge is 2.18. The van der Waals surface area contributed by atoms with Gasteiger partial charge in [-0.15, -0.1) is 0 Å². The second-order valence-electron chi connectivity index (χ2n) is 5.04. The number of rotatable bonds is 3. The van der Waals surface area contributed by atoms with E-state index in [1.54, 1.807) is 0 Å². The third-order valence-corrected chi connectivity index (χ3v) is 3.76. The van der Waals surface area contributed by atoms with Gasteiger partial charge in [-0.2, -0.15) is 0 Å². The molecule has 1 aromatic carbocycles. The first-order valence-corrected chi connectivity index (χ1v) is 7.20. The van der Waals surface area contributed by atoms with Gasteiger partial charge in [-0.3, -0.25) is 9.69 Å². The van der Waals surface area contributed by atoms with E-state index in [0.717, 1.165) is 23.2 Å². The molecule has 98 valence electrons. The van der Waals surface area contributed by atoms with Gasteiger partial charge in [0, 0.05) is 16.7 Å². The Morgan fingerprint density at radius 3 is 2.83 bits per heavy atom. The normalized spacial score (nSPS) is 20.7. The average Bonchev–Trinajstić information content (AvgIpc) is 2.32. The number of benzene rings is 1. The van der Waals surface area contributed by atoms with Crippen molar-refractivity contribution < 1.29 is 4.79 Å². The zero-order valence-corrected chi connectivity index (χ0v) is 12.2. The van der Waals surface area contributed by atoms with Gasteiger partial charge in [-0.1, -0.05) is 22.9 Å². The second kappa shape index (κ2) is 6.34. The van der Waals surface area contributed by atoms with Gasteiger partial charge in [0.2, 0.25) is 5.91 Å². The smallest absolute Gasteiger partial charge is 0.238 e. The number of halogens is 1. The van der Waals surface area contributed by atoms with Crippen LogP contribution < -0.4 is 5.32 Å². The van der Waals surface area contributed by atoms with E-state index in [1.807, 2.05) is 24.3 Å². The van der Waals surface area contributed by atoms with Crippen LogP contribution in [0.25, 0.3) is 0 Å². The number of hydrogen-bond acceptors (Lipinski definition) is 2. The van der Waals surface area contributed by atoms with Crippen molar-refractivity contribution in [3.63, 3.8) is 0 Å². The highest BCUT2D eigenvalue weighted by molar-refractivity contribution is 9.10. The van der Waals surface area contributed by atoms with Crippen LogP contribution in [0.5, 0.6) is 0 Å². The van der Waals surface area contributed by atoms with Gasteiger partial charge in [0.15, 0.2) is 0 Å². The molecule has 1 fully saturated rings. The molecule has 3 nitrogen and oxygen atoms in total. The standard InChI is InChI=1S/C14H19BrN2O/c1-11-3-2-8-17(9-11)10-14(18)16-13-6-4-12(15)5-7-13/h4-7,11H,2-3,8-10H2,1H3,(H,16,18). The molecule has 0 radical (unpaired) electrons. The summed E-state index contributed by atoms with van der Waals surface area (Å²) in [6, 6.07) is 7.67. The minimum absolute atomic E-state index is 0.0754. The number of likely N-dealkylation sites (tertiary alicyclic amines) is 1. The molecule has 0 saturated carbocycles. The van der Waals surface area contributed by atoms with Crippen molar-refractivity contribution in [1.29, 1.82) is 0 Å². The Bertz CT molecular complexity index is 405. The summed E-state index contributed by atoms with van der Waals surface area (Å²) < 4.78 is 1.02. The lowest BCUT2D eigenvalue weighted by atomic mass is 10.0. The lowest BCUT2D eigenvalue weighted by molar-refractivity contribution is -0.117. The summed E-state index contributed by atoms with van der Waals surface area (Å²) in [7, 11) is 0. The topological polar surface area (TPSA) is 32.3 Å². The molecule has 4 heteroatoms. The Labute approximate surface area is 117 Å². The minimum atomic E-state index is 0.0754. The van der Waals surface area contributed by atoms with Crippen LogP contribution in [-0.2, 0) is 4.79 Å². The Morgan fingerprint density at radius 1 is 1.44 bits per heavy atom. The zero-order valence-electron chi connectivity index (χ0n) is 10.7. The molecule has 18 heavy (non-hydrogen) atoms. The van der Waals surface area contributed by atoms with E-state index < -0.39 is 0 Å². The van der Waals surface area contributed by atoms with Gasteiger partial charge in [0.05, 0.1) is 6.54 Å². The van der Waals surface area contributed by atoms with Gasteiger partial charge >= 0.3 is 0 Å². The molecular weight excluding hydrogens is 292 g/mol. The molecule has 0 aliphatic carbocycles. The predicted molar refractivity (Wildman–Crippen MR) is 77.6 cm³/mol. The van der Waals surface area contributed by atoms with Crippen LogP contribution in [0.1, 0.15) is 19.8 Å². The van der Waals surface area contributed by atoms with Crippen molar-refractivity contribution in [2.75, 3.05) is 25.0 Å². The summed E-state index contributed by atoms with van der Waals surface area (Å²) >= 11 is 3.38. The fourth-order valence-corrected chi connectivity index (χ4v) is 2.63. The molecule has 2 rings (SSSR count). The van der Waals surface area contributed by atoms with Gasteiger partial charge in [0.25, 0.3) is 0 Å². The van der Waals surface area contributed by atoms with E-state index in [1.165, 1.54) is 12.8 Å². The van der Waals surface area contributed by atoms with Crippen molar-refractivity contribution in [2.45, 2.75) is 19.8 Å². The zero-order chi connectivity index (χ0) is 13.0. The number of amides is 1. The summed E-state index contributed by atoms with van der Waals surface area (Å²) in [6.45, 7) is 4.82. The van der Waals surface area contributed by atoms with E-state index in [-0.39, 0.29) is 5.91 Å². The molecule has 0 spiro atoms. The highest BCUT2D eigenvalue weighted by Crippen LogP contribution is 2.16. The molecule has 1 heterocycles. The van der Waals surface area contributed by atoms with E-state index in [0.29, 0.717) is 12.5 Å². The van der Waals surface area contributed by atoms with Crippen molar-refractivity contribution in [2.24, 2.45) is 5.92 Å². The maximum Gasteiger partial charge on any atom is 0.238 e. The Hall–Kier alpha value is -0.870. The first kappa shape index (κ1) is 13.6. The summed E-state index contributed by atoms with van der Waals surface area (Å²) in [5.74, 6) is 0.783. The summed E-state index contributed by atoms with van der Waals surface area (Å²) in [6.07, 6.45) is 2.48. The van der Waals surface area contributed by atoms with Crippen molar-refractivity contribution in [1.82, 2.24) is 4.90 Å². The molecule has 1 amide bonds. The van der Waals surface area contributed by atoms with Gasteiger partial charge in [0.1, 0.15) is 0 Å². The highest BCUT2D eigenvalue weighted by atomic mass is 79.9. The third kappa shape index (κ3) is 4.10. The van der Waals surface area contributed by atoms with Gasteiger partial charge in [-0.05, 0) is 49.6 Å². The lowest BCUT2D eigenvalue weighted by Crippen LogP contribution is -2.39. The monoisotopic (exact) mass is 310 g/mol. The third-order valence-electron chi connectivity index (χ3n) is 3.24. The lowest BCUT2D eigenvalue weighted by Gasteiger charge is -2.30. The molecular formula is C14H19BrN2O. The summed E-state index contributed by atoms with van der Waals surface area (Å²) in [4.78, 5) is 14.1. The fourth-order valence-electron chi connectivity index (χ4n) is 2.37. The molecule has 0 bridgehead atoms. The van der Waals surface area contributed by atoms with Gasteiger partial charge < -0.3 is 5.32 Å². The van der Waals surface area contributed by atoms with Crippen LogP contribution >= 0.6 is 15.9 Å². The number of nitrogens with one attached hydrogen (secondary N) is 1. The number of carbonyl (C=O) groups excluding carboxylic acids is 1. The van der Waals surface area contributed by atoms with Crippen LogP contribution in [0.15, 0.2) is 28.7 Å². The molecule has 1 aromatic rings. The summed E-state index contributed by atoms with van der Waals surface area (Å²) in [5.41, 5.74) is 0.855. The van der Waals surface area contributed by atoms with Gasteiger partial charge in [-0.25, -0.2) is 0 Å². The Balaban J connectivity index is 1.83. The maximum atomic E-state index is 11.9. The number of carbonyl (C=O) groups is 1. The molecule has 1 aliphatic heterocycles. The van der Waals surface area contributed by atoms with Crippen molar-refractivity contribution in [3.8, 4) is 0 Å². The second-order valence-corrected chi connectivity index (χ2v) is 5.95. The van der Waals surface area contributed by atoms with Crippen LogP contribution in [0.4, 0.5) is 5.69 Å². The molecule has 1 N–H and O–H groups in total. The van der Waals surface area contributed by atoms with Crippen LogP contribution in [0.3, 0.4) is 0 Å². The number of anilines is 1. The predicted octanol–water partition coefficient (Wildman–Crippen LogP) is 3.12. The number of piperidine rings is 1. The number of nitrogens with zero attached hydrogens (tertiary/aromatic N) is 1. The van der Waals surface area contributed by atoms with Crippen LogP contribution in [0, 0.1) is 5.92 Å². The molecule has 0 aromatic heterocycles. The first-order chi connectivity index (χ1) is 8.63. The molecule has 1 atom stereocenters. The Kier molecular flexibility index (Phi) is 4.78. The van der Waals surface area contributed by atoms with Crippen molar-refractivity contribution >= 4 is 27.5 Å². The minimum Gasteiger partial charge on any atom is -0.325 e. The van der Waals surface area contributed by atoms with E-state index in [9.17, 15) is 4.79 Å². The number of hydrogen-bond donors (Lipinski definition) is 1. The first-order valence-electron chi connectivity index (χ1n) is 6.41. The SMILES string of the molecule is CC1CCCN(CC(=O)Nc2ccc(Br)cc2)C1. The molecule has 1 saturated heterocycles. The quantitative estimate of drug-likeness (QED) is 0.930. The van der Waals surface area contributed by atoms with E-state index in [4.69, 9.17) is 0 Å². The molecule has 1 unspecified atom stereocenters. The summed E-state index contributed by atoms with van der Waals surface area (Å²) in [5, 5.41) is 2.93. The van der Waals surface area contributed by atoms with Crippen LogP contribution in [-0.4, -0.2) is 30.4 Å². The van der Waals surface area contributed by atoms with Crippen LogP contribution in [0.2, 0.25) is 0 Å². The van der Waals surface area contributed by atoms with E-state index in [2.05, 4.69) is 33.1 Å². The largest absolute Gasteiger partial charge is 0.325 e. The van der Waals surface area contributed by atoms with Crippen molar-refractivity contribution in [3.05, 3.63) is 28.7 Å². The molecule has 1 aliphatic rings. The Morgan fingerprint density at radius 2 is 2.17 bits per heavy atom. The maximum absolute atomic E-state index is 11.9. The fraction of sp³-hybridized carbons (Fsp3) is 0.500.